The maximum absolute atomic E-state index is 13.4. The van der Waals surface area contributed by atoms with Crippen LogP contribution in [0.1, 0.15) is 65.5 Å². The third-order valence-electron chi connectivity index (χ3n) is 6.02. The van der Waals surface area contributed by atoms with Crippen LogP contribution in [0.25, 0.3) is 0 Å². The van der Waals surface area contributed by atoms with Gasteiger partial charge >= 0.3 is 0 Å². The predicted molar refractivity (Wildman–Crippen MR) is 144 cm³/mol. The summed E-state index contributed by atoms with van der Waals surface area (Å²) in [6, 6.07) is 12.8. The standard InChI is InChI=1S/C28H39BrN2O4/c1-8-19(3)30-27(33)24(9-2)31(17-20-11-10-12-22(15-20)34-7)26(32)18-35-25-14-13-21(16-23(25)29)28(4,5)6/h10-16,19,24H,8-9,17-18H2,1-7H3,(H,30,33)/t19-,24+/m1/s1. The van der Waals surface area contributed by atoms with E-state index in [9.17, 15) is 9.59 Å². The van der Waals surface area contributed by atoms with E-state index in [2.05, 4.69) is 42.0 Å². The van der Waals surface area contributed by atoms with Gasteiger partial charge in [0.05, 0.1) is 11.6 Å². The van der Waals surface area contributed by atoms with Crippen molar-refractivity contribution in [1.29, 1.82) is 0 Å². The molecular weight excluding hydrogens is 508 g/mol. The first kappa shape index (κ1) is 28.7. The van der Waals surface area contributed by atoms with E-state index in [1.54, 1.807) is 12.0 Å². The number of rotatable bonds is 11. The van der Waals surface area contributed by atoms with Crippen LogP contribution in [0, 0.1) is 0 Å². The molecule has 0 saturated carbocycles. The Morgan fingerprint density at radius 2 is 1.80 bits per heavy atom. The average molecular weight is 548 g/mol. The Bertz CT molecular complexity index is 1000. The normalized spacial score (nSPS) is 13.0. The van der Waals surface area contributed by atoms with Crippen molar-refractivity contribution in [2.24, 2.45) is 0 Å². The Balaban J connectivity index is 2.27. The van der Waals surface area contributed by atoms with Crippen molar-refractivity contribution in [1.82, 2.24) is 10.2 Å². The highest BCUT2D eigenvalue weighted by Crippen LogP contribution is 2.31. The van der Waals surface area contributed by atoms with Crippen LogP contribution in [0.2, 0.25) is 0 Å². The van der Waals surface area contributed by atoms with E-state index in [1.165, 1.54) is 0 Å². The maximum Gasteiger partial charge on any atom is 0.261 e. The minimum Gasteiger partial charge on any atom is -0.497 e. The van der Waals surface area contributed by atoms with Crippen LogP contribution in [-0.4, -0.2) is 42.5 Å². The van der Waals surface area contributed by atoms with Gasteiger partial charge in [0.2, 0.25) is 5.91 Å². The molecule has 0 fully saturated rings. The summed E-state index contributed by atoms with van der Waals surface area (Å²) in [5.41, 5.74) is 2.04. The fourth-order valence-corrected chi connectivity index (χ4v) is 4.13. The topological polar surface area (TPSA) is 67.9 Å². The van der Waals surface area contributed by atoms with Crippen molar-refractivity contribution in [2.75, 3.05) is 13.7 Å². The number of nitrogens with one attached hydrogen (secondary N) is 1. The molecule has 0 aliphatic heterocycles. The lowest BCUT2D eigenvalue weighted by Gasteiger charge is -2.31. The highest BCUT2D eigenvalue weighted by Gasteiger charge is 2.30. The SMILES string of the molecule is CC[C@@H](C)NC(=O)[C@H](CC)N(Cc1cccc(OC)c1)C(=O)COc1ccc(C(C)(C)C)cc1Br. The van der Waals surface area contributed by atoms with Gasteiger partial charge in [-0.1, -0.05) is 52.8 Å². The fourth-order valence-electron chi connectivity index (χ4n) is 3.63. The molecule has 0 saturated heterocycles. The number of carbonyl (C=O) groups excluding carboxylic acids is 2. The van der Waals surface area contributed by atoms with E-state index in [4.69, 9.17) is 9.47 Å². The molecular formula is C28H39BrN2O4. The number of amides is 2. The van der Waals surface area contributed by atoms with Gasteiger partial charge in [0.1, 0.15) is 17.5 Å². The summed E-state index contributed by atoms with van der Waals surface area (Å²) in [7, 11) is 1.60. The maximum atomic E-state index is 13.4. The van der Waals surface area contributed by atoms with Gasteiger partial charge in [-0.05, 0) is 76.5 Å². The van der Waals surface area contributed by atoms with Gasteiger partial charge in [-0.25, -0.2) is 0 Å². The Kier molecular flexibility index (Phi) is 10.6. The minimum absolute atomic E-state index is 0.00173. The average Bonchev–Trinajstić information content (AvgIpc) is 2.82. The second kappa shape index (κ2) is 13.0. The Morgan fingerprint density at radius 3 is 2.37 bits per heavy atom. The molecule has 35 heavy (non-hydrogen) atoms. The van der Waals surface area contributed by atoms with Crippen molar-refractivity contribution in [3.05, 3.63) is 58.1 Å². The lowest BCUT2D eigenvalue weighted by atomic mass is 9.87. The van der Waals surface area contributed by atoms with Crippen LogP contribution >= 0.6 is 15.9 Å². The summed E-state index contributed by atoms with van der Waals surface area (Å²) in [5.74, 6) is 0.871. The van der Waals surface area contributed by atoms with E-state index < -0.39 is 6.04 Å². The van der Waals surface area contributed by atoms with Crippen LogP contribution in [-0.2, 0) is 21.5 Å². The molecule has 0 aliphatic carbocycles. The molecule has 2 aromatic carbocycles. The zero-order valence-corrected chi connectivity index (χ0v) is 23.6. The van der Waals surface area contributed by atoms with E-state index in [1.807, 2.05) is 63.2 Å². The minimum atomic E-state index is -0.613. The molecule has 0 heterocycles. The summed E-state index contributed by atoms with van der Waals surface area (Å²) in [4.78, 5) is 28.1. The molecule has 1 N–H and O–H groups in total. The van der Waals surface area contributed by atoms with Crippen molar-refractivity contribution in [3.63, 3.8) is 0 Å². The third-order valence-corrected chi connectivity index (χ3v) is 6.64. The van der Waals surface area contributed by atoms with Crippen LogP contribution < -0.4 is 14.8 Å². The molecule has 0 spiro atoms. The quantitative estimate of drug-likeness (QED) is 0.383. The van der Waals surface area contributed by atoms with Gasteiger partial charge in [0, 0.05) is 12.6 Å². The van der Waals surface area contributed by atoms with Crippen LogP contribution in [0.3, 0.4) is 0 Å². The fraction of sp³-hybridized carbons (Fsp3) is 0.500. The van der Waals surface area contributed by atoms with Gasteiger partial charge in [-0.15, -0.1) is 0 Å². The van der Waals surface area contributed by atoms with Crippen molar-refractivity contribution < 1.29 is 19.1 Å². The van der Waals surface area contributed by atoms with Crippen LogP contribution in [0.4, 0.5) is 0 Å². The second-order valence-electron chi connectivity index (χ2n) is 9.80. The van der Waals surface area contributed by atoms with Crippen molar-refractivity contribution in [2.45, 2.75) is 78.4 Å². The van der Waals surface area contributed by atoms with Crippen LogP contribution in [0.15, 0.2) is 46.9 Å². The molecule has 2 rings (SSSR count). The first-order chi connectivity index (χ1) is 16.5. The number of hydrogen-bond donors (Lipinski definition) is 1. The lowest BCUT2D eigenvalue weighted by Crippen LogP contribution is -2.51. The van der Waals surface area contributed by atoms with Gasteiger partial charge in [-0.3, -0.25) is 9.59 Å². The first-order valence-electron chi connectivity index (χ1n) is 12.2. The highest BCUT2D eigenvalue weighted by atomic mass is 79.9. The zero-order valence-electron chi connectivity index (χ0n) is 22.0. The molecule has 0 bridgehead atoms. The molecule has 2 amide bonds. The molecule has 2 aromatic rings. The van der Waals surface area contributed by atoms with Gasteiger partial charge < -0.3 is 19.7 Å². The monoisotopic (exact) mass is 546 g/mol. The molecule has 6 nitrogen and oxygen atoms in total. The number of hydrogen-bond acceptors (Lipinski definition) is 4. The number of nitrogens with zero attached hydrogens (tertiary/aromatic N) is 1. The summed E-state index contributed by atoms with van der Waals surface area (Å²) < 4.78 is 12.0. The molecule has 7 heteroatoms. The van der Waals surface area contributed by atoms with Gasteiger partial charge in [0.25, 0.3) is 5.91 Å². The summed E-state index contributed by atoms with van der Waals surface area (Å²) in [6.07, 6.45) is 1.30. The number of ether oxygens (including phenoxy) is 2. The number of carbonyl (C=O) groups is 2. The summed E-state index contributed by atoms with van der Waals surface area (Å²) >= 11 is 3.57. The van der Waals surface area contributed by atoms with Gasteiger partial charge in [-0.2, -0.15) is 0 Å². The highest BCUT2D eigenvalue weighted by molar-refractivity contribution is 9.10. The Morgan fingerprint density at radius 1 is 1.09 bits per heavy atom. The molecule has 2 atom stereocenters. The van der Waals surface area contributed by atoms with E-state index >= 15 is 0 Å². The van der Waals surface area contributed by atoms with Crippen LogP contribution in [0.5, 0.6) is 11.5 Å². The van der Waals surface area contributed by atoms with E-state index in [0.717, 1.165) is 22.0 Å². The van der Waals surface area contributed by atoms with Crippen molar-refractivity contribution >= 4 is 27.7 Å². The second-order valence-corrected chi connectivity index (χ2v) is 10.7. The molecule has 192 valence electrons. The third kappa shape index (κ3) is 8.27. The van der Waals surface area contributed by atoms with Gasteiger partial charge in [0.15, 0.2) is 6.61 Å². The first-order valence-corrected chi connectivity index (χ1v) is 12.9. The summed E-state index contributed by atoms with van der Waals surface area (Å²) in [5, 5.41) is 3.02. The molecule has 0 aliphatic rings. The summed E-state index contributed by atoms with van der Waals surface area (Å²) in [6.45, 7) is 12.4. The number of methoxy groups -OCH3 is 1. The smallest absolute Gasteiger partial charge is 0.261 e. The van der Waals surface area contributed by atoms with E-state index in [-0.39, 0.29) is 36.4 Å². The Hall–Kier alpha value is -2.54. The largest absolute Gasteiger partial charge is 0.497 e. The zero-order chi connectivity index (χ0) is 26.2. The molecule has 0 aromatic heterocycles. The number of halogens is 1. The number of benzene rings is 2. The molecule has 0 radical (unpaired) electrons. The Labute approximate surface area is 218 Å². The molecule has 0 unspecified atom stereocenters. The predicted octanol–water partition coefficient (Wildman–Crippen LogP) is 5.86. The van der Waals surface area contributed by atoms with Crippen molar-refractivity contribution in [3.8, 4) is 11.5 Å². The van der Waals surface area contributed by atoms with E-state index in [0.29, 0.717) is 17.9 Å². The lowest BCUT2D eigenvalue weighted by molar-refractivity contribution is -0.143.